The number of halogens is 4. The molecule has 0 unspecified atom stereocenters. The van der Waals surface area contributed by atoms with Gasteiger partial charge >= 0.3 is 6.36 Å². The standard InChI is InChI=1S/C14H11ClF3NO2/c1-9-6-10(8-15)7-13(19-9)20-11-2-4-12(5-3-11)21-14(16,17)18/h2-7H,8H2,1H3. The van der Waals surface area contributed by atoms with E-state index in [1.54, 1.807) is 13.0 Å². The highest BCUT2D eigenvalue weighted by Crippen LogP contribution is 2.27. The lowest BCUT2D eigenvalue weighted by Crippen LogP contribution is -2.16. The Bertz CT molecular complexity index is 615. The van der Waals surface area contributed by atoms with Crippen molar-refractivity contribution >= 4 is 11.6 Å². The van der Waals surface area contributed by atoms with Gasteiger partial charge in [-0.25, -0.2) is 4.98 Å². The van der Waals surface area contributed by atoms with Crippen LogP contribution in [0.4, 0.5) is 13.2 Å². The molecule has 1 aromatic heterocycles. The average molecular weight is 318 g/mol. The van der Waals surface area contributed by atoms with E-state index in [0.29, 0.717) is 17.5 Å². The molecule has 0 fully saturated rings. The van der Waals surface area contributed by atoms with Crippen molar-refractivity contribution in [2.45, 2.75) is 19.2 Å². The minimum Gasteiger partial charge on any atom is -0.439 e. The summed E-state index contributed by atoms with van der Waals surface area (Å²) in [5.74, 6) is 0.685. The minimum absolute atomic E-state index is 0.312. The van der Waals surface area contributed by atoms with Gasteiger partial charge in [0.25, 0.3) is 0 Å². The number of rotatable bonds is 4. The van der Waals surface area contributed by atoms with Gasteiger partial charge in [0.15, 0.2) is 0 Å². The summed E-state index contributed by atoms with van der Waals surface area (Å²) < 4.78 is 45.4. The molecule has 0 saturated heterocycles. The van der Waals surface area contributed by atoms with Crippen molar-refractivity contribution in [3.05, 3.63) is 47.7 Å². The van der Waals surface area contributed by atoms with E-state index in [9.17, 15) is 13.2 Å². The van der Waals surface area contributed by atoms with Crippen molar-refractivity contribution in [1.29, 1.82) is 0 Å². The Morgan fingerprint density at radius 1 is 1.10 bits per heavy atom. The molecule has 0 aliphatic heterocycles. The lowest BCUT2D eigenvalue weighted by molar-refractivity contribution is -0.274. The molecule has 1 aromatic carbocycles. The Kier molecular flexibility index (Phi) is 4.57. The fourth-order valence-electron chi connectivity index (χ4n) is 1.67. The van der Waals surface area contributed by atoms with Gasteiger partial charge in [-0.15, -0.1) is 24.8 Å². The Morgan fingerprint density at radius 2 is 1.71 bits per heavy atom. The quantitative estimate of drug-likeness (QED) is 0.758. The zero-order valence-corrected chi connectivity index (χ0v) is 11.7. The molecule has 0 bridgehead atoms. The van der Waals surface area contributed by atoms with Crippen LogP contribution < -0.4 is 9.47 Å². The molecule has 0 aliphatic rings. The van der Waals surface area contributed by atoms with Gasteiger partial charge in [0.05, 0.1) is 0 Å². The molecule has 0 atom stereocenters. The Hall–Kier alpha value is -1.95. The van der Waals surface area contributed by atoms with Gasteiger partial charge in [-0.2, -0.15) is 0 Å². The Morgan fingerprint density at radius 3 is 2.29 bits per heavy atom. The van der Waals surface area contributed by atoms with Crippen molar-refractivity contribution in [2.24, 2.45) is 0 Å². The van der Waals surface area contributed by atoms with Crippen LogP contribution in [0.1, 0.15) is 11.3 Å². The third-order valence-electron chi connectivity index (χ3n) is 2.42. The van der Waals surface area contributed by atoms with Crippen LogP contribution in [-0.4, -0.2) is 11.3 Å². The van der Waals surface area contributed by atoms with E-state index >= 15 is 0 Å². The highest BCUT2D eigenvalue weighted by atomic mass is 35.5. The summed E-state index contributed by atoms with van der Waals surface area (Å²) in [4.78, 5) is 4.17. The molecule has 0 N–H and O–H groups in total. The lowest BCUT2D eigenvalue weighted by atomic mass is 10.2. The maximum Gasteiger partial charge on any atom is 0.573 e. The van der Waals surface area contributed by atoms with Crippen molar-refractivity contribution in [3.63, 3.8) is 0 Å². The first-order valence-corrected chi connectivity index (χ1v) is 6.46. The molecule has 2 rings (SSSR count). The Balaban J connectivity index is 2.11. The number of hydrogen-bond acceptors (Lipinski definition) is 3. The molecule has 3 nitrogen and oxygen atoms in total. The van der Waals surface area contributed by atoms with E-state index in [2.05, 4.69) is 9.72 Å². The van der Waals surface area contributed by atoms with Gasteiger partial charge in [0.1, 0.15) is 11.5 Å². The van der Waals surface area contributed by atoms with Crippen LogP contribution in [0.5, 0.6) is 17.4 Å². The summed E-state index contributed by atoms with van der Waals surface area (Å²) in [6.07, 6.45) is -4.71. The number of pyridine rings is 1. The van der Waals surface area contributed by atoms with Crippen molar-refractivity contribution < 1.29 is 22.6 Å². The summed E-state index contributed by atoms with van der Waals surface area (Å²) in [5.41, 5.74) is 1.58. The monoisotopic (exact) mass is 317 g/mol. The maximum absolute atomic E-state index is 12.0. The summed E-state index contributed by atoms with van der Waals surface area (Å²) in [5, 5.41) is 0. The van der Waals surface area contributed by atoms with Crippen LogP contribution >= 0.6 is 11.6 Å². The molecule has 1 heterocycles. The zero-order valence-electron chi connectivity index (χ0n) is 10.9. The van der Waals surface area contributed by atoms with Crippen LogP contribution in [-0.2, 0) is 5.88 Å². The number of benzene rings is 1. The summed E-state index contributed by atoms with van der Waals surface area (Å²) in [6, 6.07) is 8.55. The molecular weight excluding hydrogens is 307 g/mol. The SMILES string of the molecule is Cc1cc(CCl)cc(Oc2ccc(OC(F)(F)F)cc2)n1. The largest absolute Gasteiger partial charge is 0.573 e. The maximum atomic E-state index is 12.0. The fourth-order valence-corrected chi connectivity index (χ4v) is 1.82. The van der Waals surface area contributed by atoms with E-state index in [4.69, 9.17) is 16.3 Å². The van der Waals surface area contributed by atoms with Crippen LogP contribution in [0.15, 0.2) is 36.4 Å². The summed E-state index contributed by atoms with van der Waals surface area (Å²) in [7, 11) is 0. The van der Waals surface area contributed by atoms with Crippen molar-refractivity contribution in [2.75, 3.05) is 0 Å². The molecule has 0 spiro atoms. The van der Waals surface area contributed by atoms with Crippen LogP contribution in [0, 0.1) is 6.92 Å². The third kappa shape index (κ3) is 4.82. The highest BCUT2D eigenvalue weighted by molar-refractivity contribution is 6.17. The van der Waals surface area contributed by atoms with Crippen molar-refractivity contribution in [1.82, 2.24) is 4.98 Å². The fraction of sp³-hybridized carbons (Fsp3) is 0.214. The number of hydrogen-bond donors (Lipinski definition) is 0. The van der Waals surface area contributed by atoms with Crippen LogP contribution in [0.3, 0.4) is 0 Å². The molecule has 0 aliphatic carbocycles. The van der Waals surface area contributed by atoms with Crippen molar-refractivity contribution in [3.8, 4) is 17.4 Å². The molecule has 2 aromatic rings. The molecule has 112 valence electrons. The first-order valence-electron chi connectivity index (χ1n) is 5.93. The number of nitrogens with zero attached hydrogens (tertiary/aromatic N) is 1. The molecule has 0 amide bonds. The summed E-state index contributed by atoms with van der Waals surface area (Å²) in [6.45, 7) is 1.79. The van der Waals surface area contributed by atoms with Gasteiger partial charge in [-0.1, -0.05) is 0 Å². The van der Waals surface area contributed by atoms with Gasteiger partial charge in [-0.05, 0) is 42.8 Å². The van der Waals surface area contributed by atoms with E-state index in [0.717, 1.165) is 11.3 Å². The normalized spacial score (nSPS) is 11.3. The van der Waals surface area contributed by atoms with Gasteiger partial charge in [0.2, 0.25) is 5.88 Å². The number of aromatic nitrogens is 1. The molecule has 7 heteroatoms. The number of aryl methyl sites for hydroxylation is 1. The van der Waals surface area contributed by atoms with E-state index in [-0.39, 0.29) is 5.75 Å². The lowest BCUT2D eigenvalue weighted by Gasteiger charge is -2.10. The van der Waals surface area contributed by atoms with Gasteiger partial charge in [-0.3, -0.25) is 0 Å². The van der Waals surface area contributed by atoms with E-state index in [1.165, 1.54) is 24.3 Å². The average Bonchev–Trinajstić information content (AvgIpc) is 2.38. The highest BCUT2D eigenvalue weighted by Gasteiger charge is 2.30. The minimum atomic E-state index is -4.71. The van der Waals surface area contributed by atoms with Crippen LogP contribution in [0.2, 0.25) is 0 Å². The Labute approximate surface area is 124 Å². The first kappa shape index (κ1) is 15.4. The van der Waals surface area contributed by atoms with E-state index in [1.807, 2.05) is 6.07 Å². The molecule has 21 heavy (non-hydrogen) atoms. The summed E-state index contributed by atoms with van der Waals surface area (Å²) >= 11 is 5.75. The molecule has 0 saturated carbocycles. The predicted molar refractivity (Wildman–Crippen MR) is 71.7 cm³/mol. The number of alkyl halides is 4. The van der Waals surface area contributed by atoms with Gasteiger partial charge < -0.3 is 9.47 Å². The van der Waals surface area contributed by atoms with Gasteiger partial charge in [0, 0.05) is 17.6 Å². The zero-order chi connectivity index (χ0) is 15.5. The smallest absolute Gasteiger partial charge is 0.439 e. The molecular formula is C14H11ClF3NO2. The number of ether oxygens (including phenoxy) is 2. The second-order valence-electron chi connectivity index (χ2n) is 4.21. The predicted octanol–water partition coefficient (Wildman–Crippen LogP) is 4.82. The second-order valence-corrected chi connectivity index (χ2v) is 4.48. The topological polar surface area (TPSA) is 31.4 Å². The molecule has 0 radical (unpaired) electrons. The second kappa shape index (κ2) is 6.22. The third-order valence-corrected chi connectivity index (χ3v) is 2.73. The van der Waals surface area contributed by atoms with Crippen LogP contribution in [0.25, 0.3) is 0 Å². The van der Waals surface area contributed by atoms with E-state index < -0.39 is 6.36 Å². The first-order chi connectivity index (χ1) is 9.85.